The summed E-state index contributed by atoms with van der Waals surface area (Å²) >= 11 is 0. The number of aromatic hydroxyl groups is 1. The van der Waals surface area contributed by atoms with Crippen molar-refractivity contribution in [2.45, 2.75) is 55.6 Å². The third-order valence-corrected chi connectivity index (χ3v) is 7.91. The number of carbonyl (C=O) groups excluding carboxylic acids is 3. The Balaban J connectivity index is 1.39. The Morgan fingerprint density at radius 2 is 1.82 bits per heavy atom. The fraction of sp³-hybridized carbons (Fsp3) is 0.433. The van der Waals surface area contributed by atoms with E-state index in [1.807, 2.05) is 0 Å². The van der Waals surface area contributed by atoms with E-state index in [-0.39, 0.29) is 16.9 Å². The third-order valence-electron chi connectivity index (χ3n) is 7.91. The van der Waals surface area contributed by atoms with E-state index in [1.165, 1.54) is 44.4 Å². The standard InChI is InChI=1S/C30H32O14/c1-14(41-21(33)8-5-15-3-6-16(32)7-4-15)18-11-30(44-27(18)38)10-9-17-19(26(37)39-2)13-40-28(22(17)30)43-29-25(36)24(35)23(34)20(12-31)42-29/h3-11,13-14,17,20,22-25,28-29,31-32,34-36H,12H2,1-2H3/b8-5+/t14-,17-,20-,22-,23+,24+,25-,28+,29+,30-/m1/s1. The first-order valence-corrected chi connectivity index (χ1v) is 13.7. The van der Waals surface area contributed by atoms with Gasteiger partial charge in [-0.25, -0.2) is 14.4 Å². The van der Waals surface area contributed by atoms with Crippen LogP contribution in [0.15, 0.2) is 66.0 Å². The van der Waals surface area contributed by atoms with E-state index in [1.54, 1.807) is 18.2 Å². The van der Waals surface area contributed by atoms with Crippen molar-refractivity contribution in [3.63, 3.8) is 0 Å². The van der Waals surface area contributed by atoms with Gasteiger partial charge < -0.3 is 54.0 Å². The van der Waals surface area contributed by atoms with Crippen molar-refractivity contribution >= 4 is 24.0 Å². The van der Waals surface area contributed by atoms with Gasteiger partial charge in [-0.2, -0.15) is 0 Å². The summed E-state index contributed by atoms with van der Waals surface area (Å²) in [6.07, 6.45) is -2.06. The lowest BCUT2D eigenvalue weighted by Crippen LogP contribution is -2.60. The molecule has 1 aromatic rings. The minimum absolute atomic E-state index is 0.00226. The van der Waals surface area contributed by atoms with E-state index in [9.17, 15) is 39.9 Å². The van der Waals surface area contributed by atoms with Gasteiger partial charge in [0, 0.05) is 12.0 Å². The second kappa shape index (κ2) is 12.5. The van der Waals surface area contributed by atoms with Crippen LogP contribution < -0.4 is 0 Å². The molecule has 1 aliphatic carbocycles. The van der Waals surface area contributed by atoms with Gasteiger partial charge in [-0.1, -0.05) is 18.2 Å². The molecule has 0 unspecified atom stereocenters. The third kappa shape index (κ3) is 5.87. The summed E-state index contributed by atoms with van der Waals surface area (Å²) in [5, 5.41) is 49.8. The molecular weight excluding hydrogens is 584 g/mol. The fourth-order valence-corrected chi connectivity index (χ4v) is 5.59. The number of aliphatic hydroxyl groups excluding tert-OH is 4. The average Bonchev–Trinajstić information content (AvgIpc) is 3.56. The molecule has 1 saturated heterocycles. The van der Waals surface area contributed by atoms with E-state index in [4.69, 9.17) is 28.4 Å². The van der Waals surface area contributed by atoms with Gasteiger partial charge in [-0.3, -0.25) is 0 Å². The number of fused-ring (bicyclic) bond motifs is 2. The Bertz CT molecular complexity index is 1390. The summed E-state index contributed by atoms with van der Waals surface area (Å²) in [4.78, 5) is 38.2. The van der Waals surface area contributed by atoms with Crippen molar-refractivity contribution in [3.05, 3.63) is 71.5 Å². The number of hydrogen-bond acceptors (Lipinski definition) is 14. The van der Waals surface area contributed by atoms with Crippen LogP contribution in [0.25, 0.3) is 6.08 Å². The summed E-state index contributed by atoms with van der Waals surface area (Å²) < 4.78 is 33.2. The number of phenolic OH excluding ortho intramolecular Hbond substituents is 1. The lowest BCUT2D eigenvalue weighted by atomic mass is 9.78. The van der Waals surface area contributed by atoms with Crippen LogP contribution >= 0.6 is 0 Å². The minimum Gasteiger partial charge on any atom is -0.508 e. The smallest absolute Gasteiger partial charge is 0.338 e. The number of allylic oxidation sites excluding steroid dienone is 1. The van der Waals surface area contributed by atoms with Crippen LogP contribution in [0.4, 0.5) is 0 Å². The predicted octanol–water partition coefficient (Wildman–Crippen LogP) is -0.409. The second-order valence-corrected chi connectivity index (χ2v) is 10.7. The quantitative estimate of drug-likeness (QED) is 0.109. The number of rotatable bonds is 8. The van der Waals surface area contributed by atoms with Gasteiger partial charge >= 0.3 is 17.9 Å². The zero-order valence-electron chi connectivity index (χ0n) is 23.6. The Morgan fingerprint density at radius 3 is 2.50 bits per heavy atom. The highest BCUT2D eigenvalue weighted by Crippen LogP contribution is 2.51. The fourth-order valence-electron chi connectivity index (χ4n) is 5.59. The minimum atomic E-state index is -1.75. The molecule has 0 aromatic heterocycles. The highest BCUT2D eigenvalue weighted by Gasteiger charge is 2.60. The van der Waals surface area contributed by atoms with Gasteiger partial charge in [-0.15, -0.1) is 0 Å². The first-order chi connectivity index (χ1) is 21.0. The molecule has 14 nitrogen and oxygen atoms in total. The largest absolute Gasteiger partial charge is 0.508 e. The topological polar surface area (TPSA) is 208 Å². The number of benzene rings is 1. The van der Waals surface area contributed by atoms with Gasteiger partial charge in [0.25, 0.3) is 0 Å². The van der Waals surface area contributed by atoms with E-state index in [0.29, 0.717) is 5.56 Å². The van der Waals surface area contributed by atoms with E-state index >= 15 is 0 Å². The zero-order chi connectivity index (χ0) is 31.8. The number of esters is 3. The number of phenols is 1. The van der Waals surface area contributed by atoms with Crippen molar-refractivity contribution in [2.24, 2.45) is 11.8 Å². The highest BCUT2D eigenvalue weighted by molar-refractivity contribution is 5.95. The van der Waals surface area contributed by atoms with E-state index in [0.717, 1.165) is 12.3 Å². The molecule has 4 aliphatic rings. The molecular formula is C30H32O14. The Kier molecular flexibility index (Phi) is 8.92. The number of methoxy groups -OCH3 is 1. The van der Waals surface area contributed by atoms with Crippen LogP contribution in [0, 0.1) is 11.8 Å². The summed E-state index contributed by atoms with van der Waals surface area (Å²) in [5.74, 6) is -3.97. The van der Waals surface area contributed by atoms with Gasteiger partial charge in [0.15, 0.2) is 11.9 Å². The van der Waals surface area contributed by atoms with Crippen molar-refractivity contribution in [1.82, 2.24) is 0 Å². The summed E-state index contributed by atoms with van der Waals surface area (Å²) in [5.41, 5.74) is -0.852. The van der Waals surface area contributed by atoms with Crippen molar-refractivity contribution in [2.75, 3.05) is 13.7 Å². The maximum absolute atomic E-state index is 13.1. The second-order valence-electron chi connectivity index (χ2n) is 10.7. The SMILES string of the molecule is COC(=O)C1=CO[C@@H](O[C@@H]2O[C@H](CO)[C@H](O)[C@H](O)[C@H]2O)[C@H]2[C@@H]1C=C[C@@]21C=C([C@@H](C)OC(=O)/C=C/c2ccc(O)cc2)C(=O)O1. The monoisotopic (exact) mass is 616 g/mol. The number of ether oxygens (including phenoxy) is 6. The van der Waals surface area contributed by atoms with Crippen molar-refractivity contribution in [3.8, 4) is 5.75 Å². The Labute approximate surface area is 251 Å². The van der Waals surface area contributed by atoms with Crippen LogP contribution in [-0.2, 0) is 42.8 Å². The van der Waals surface area contributed by atoms with Crippen LogP contribution in [0.3, 0.4) is 0 Å². The predicted molar refractivity (Wildman–Crippen MR) is 146 cm³/mol. The summed E-state index contributed by atoms with van der Waals surface area (Å²) in [6.45, 7) is 0.790. The van der Waals surface area contributed by atoms with Crippen LogP contribution in [-0.4, -0.2) is 106 Å². The molecule has 1 spiro atoms. The van der Waals surface area contributed by atoms with Crippen molar-refractivity contribution in [1.29, 1.82) is 0 Å². The molecule has 3 heterocycles. The lowest BCUT2D eigenvalue weighted by molar-refractivity contribution is -0.344. The van der Waals surface area contributed by atoms with Crippen LogP contribution in [0.2, 0.25) is 0 Å². The lowest BCUT2D eigenvalue weighted by Gasteiger charge is -2.44. The molecule has 0 saturated carbocycles. The van der Waals surface area contributed by atoms with Crippen LogP contribution in [0.1, 0.15) is 12.5 Å². The van der Waals surface area contributed by atoms with Gasteiger partial charge in [0.1, 0.15) is 36.3 Å². The molecule has 5 rings (SSSR count). The first kappa shape index (κ1) is 31.4. The Hall–Kier alpha value is -4.05. The number of hydrogen-bond donors (Lipinski definition) is 5. The molecule has 1 aromatic carbocycles. The molecule has 3 aliphatic heterocycles. The molecule has 5 N–H and O–H groups in total. The molecule has 0 bridgehead atoms. The number of aliphatic hydroxyl groups is 4. The molecule has 10 atom stereocenters. The molecule has 236 valence electrons. The zero-order valence-corrected chi connectivity index (χ0v) is 23.6. The maximum Gasteiger partial charge on any atom is 0.338 e. The molecule has 0 amide bonds. The highest BCUT2D eigenvalue weighted by atomic mass is 16.8. The Morgan fingerprint density at radius 1 is 1.09 bits per heavy atom. The van der Waals surface area contributed by atoms with Gasteiger partial charge in [0.2, 0.25) is 6.29 Å². The van der Waals surface area contributed by atoms with Crippen molar-refractivity contribution < 1.29 is 68.3 Å². The summed E-state index contributed by atoms with van der Waals surface area (Å²) in [7, 11) is 1.18. The maximum atomic E-state index is 13.1. The summed E-state index contributed by atoms with van der Waals surface area (Å²) in [6, 6.07) is 6.11. The molecule has 14 heteroatoms. The van der Waals surface area contributed by atoms with Crippen LogP contribution in [0.5, 0.6) is 5.75 Å². The van der Waals surface area contributed by atoms with E-state index < -0.39 is 85.1 Å². The average molecular weight is 617 g/mol. The van der Waals surface area contributed by atoms with E-state index in [2.05, 4.69) is 0 Å². The van der Waals surface area contributed by atoms with Gasteiger partial charge in [-0.05, 0) is 42.8 Å². The van der Waals surface area contributed by atoms with Gasteiger partial charge in [0.05, 0.1) is 37.0 Å². The molecule has 1 fully saturated rings. The first-order valence-electron chi connectivity index (χ1n) is 13.7. The molecule has 0 radical (unpaired) electrons. The molecule has 44 heavy (non-hydrogen) atoms. The normalized spacial score (nSPS) is 35.0. The number of carbonyl (C=O) groups is 3.